The molecule has 25 heavy (non-hydrogen) atoms. The van der Waals surface area contributed by atoms with Crippen LogP contribution in [-0.2, 0) is 6.54 Å². The van der Waals surface area contributed by atoms with Crippen LogP contribution in [0.5, 0.6) is 0 Å². The van der Waals surface area contributed by atoms with E-state index in [2.05, 4.69) is 16.8 Å². The summed E-state index contributed by atoms with van der Waals surface area (Å²) < 4.78 is 1.76. The molecular formula is C20H22N4O. The van der Waals surface area contributed by atoms with Crippen molar-refractivity contribution in [1.82, 2.24) is 19.4 Å². The van der Waals surface area contributed by atoms with Gasteiger partial charge in [-0.3, -0.25) is 14.3 Å². The molecule has 2 aromatic carbocycles. The molecule has 0 unspecified atom stereocenters. The predicted octanol–water partition coefficient (Wildman–Crippen LogP) is 2.13. The number of benzene rings is 2. The Kier molecular flexibility index (Phi) is 4.34. The molecule has 0 spiro atoms. The molecule has 1 fully saturated rings. The first-order chi connectivity index (χ1) is 12.2. The first-order valence-electron chi connectivity index (χ1n) is 8.69. The van der Waals surface area contributed by atoms with Crippen molar-refractivity contribution in [2.75, 3.05) is 33.2 Å². The minimum atomic E-state index is 0.000859. The molecule has 0 atom stereocenters. The van der Waals surface area contributed by atoms with E-state index in [1.165, 1.54) is 0 Å². The fraction of sp³-hybridized carbons (Fsp3) is 0.300. The lowest BCUT2D eigenvalue weighted by atomic mass is 10.2. The zero-order chi connectivity index (χ0) is 17.2. The zero-order valence-corrected chi connectivity index (χ0v) is 14.4. The van der Waals surface area contributed by atoms with Gasteiger partial charge in [-0.1, -0.05) is 30.3 Å². The normalized spacial score (nSPS) is 16.4. The Morgan fingerprint density at radius 2 is 1.60 bits per heavy atom. The number of aromatic nitrogens is 2. The summed E-state index contributed by atoms with van der Waals surface area (Å²) in [5, 5.41) is 0.661. The Balaban J connectivity index is 1.82. The number of piperazine rings is 1. The second-order valence-electron chi connectivity index (χ2n) is 6.60. The van der Waals surface area contributed by atoms with Gasteiger partial charge < -0.3 is 4.90 Å². The van der Waals surface area contributed by atoms with E-state index in [0.717, 1.165) is 43.2 Å². The van der Waals surface area contributed by atoms with Gasteiger partial charge >= 0.3 is 0 Å². The smallest absolute Gasteiger partial charge is 0.266 e. The van der Waals surface area contributed by atoms with Crippen molar-refractivity contribution in [3.63, 3.8) is 0 Å². The predicted molar refractivity (Wildman–Crippen MR) is 100 cm³/mol. The van der Waals surface area contributed by atoms with E-state index in [0.29, 0.717) is 11.9 Å². The van der Waals surface area contributed by atoms with E-state index in [9.17, 15) is 4.79 Å². The molecule has 4 rings (SSSR count). The van der Waals surface area contributed by atoms with Crippen LogP contribution in [-0.4, -0.2) is 52.6 Å². The number of hydrogen-bond acceptors (Lipinski definition) is 4. The molecule has 5 heteroatoms. The van der Waals surface area contributed by atoms with Crippen LogP contribution in [0.2, 0.25) is 0 Å². The van der Waals surface area contributed by atoms with Crippen LogP contribution in [0.25, 0.3) is 16.6 Å². The molecule has 1 aliphatic rings. The molecule has 0 aliphatic carbocycles. The van der Waals surface area contributed by atoms with Crippen LogP contribution < -0.4 is 5.56 Å². The summed E-state index contributed by atoms with van der Waals surface area (Å²) in [5.41, 5.74) is 1.64. The van der Waals surface area contributed by atoms with E-state index in [1.807, 2.05) is 54.6 Å². The standard InChI is InChI=1S/C20H22N4O/c1-22-11-13-23(14-12-22)15-19-21-18-10-6-5-9-17(18)20(25)24(19)16-7-3-2-4-8-16/h2-10H,11-15H2,1H3. The second-order valence-corrected chi connectivity index (χ2v) is 6.60. The third-order valence-electron chi connectivity index (χ3n) is 4.82. The first kappa shape index (κ1) is 16.0. The van der Waals surface area contributed by atoms with Gasteiger partial charge in [0.05, 0.1) is 23.1 Å². The fourth-order valence-electron chi connectivity index (χ4n) is 3.33. The van der Waals surface area contributed by atoms with Crippen LogP contribution in [0.3, 0.4) is 0 Å². The molecule has 1 aliphatic heterocycles. The summed E-state index contributed by atoms with van der Waals surface area (Å²) in [6, 6.07) is 17.4. The van der Waals surface area contributed by atoms with Gasteiger partial charge in [-0.05, 0) is 31.3 Å². The van der Waals surface area contributed by atoms with Crippen LogP contribution in [0.1, 0.15) is 5.82 Å². The second kappa shape index (κ2) is 6.78. The molecule has 1 aromatic heterocycles. The number of para-hydroxylation sites is 2. The van der Waals surface area contributed by atoms with E-state index in [1.54, 1.807) is 4.57 Å². The van der Waals surface area contributed by atoms with Gasteiger partial charge in [0.2, 0.25) is 0 Å². The van der Waals surface area contributed by atoms with Crippen molar-refractivity contribution < 1.29 is 0 Å². The van der Waals surface area contributed by atoms with Gasteiger partial charge in [0, 0.05) is 26.2 Å². The third kappa shape index (κ3) is 3.21. The monoisotopic (exact) mass is 334 g/mol. The zero-order valence-electron chi connectivity index (χ0n) is 14.4. The topological polar surface area (TPSA) is 41.4 Å². The van der Waals surface area contributed by atoms with E-state index < -0.39 is 0 Å². The number of hydrogen-bond donors (Lipinski definition) is 0. The van der Waals surface area contributed by atoms with Gasteiger partial charge in [0.25, 0.3) is 5.56 Å². The van der Waals surface area contributed by atoms with Gasteiger partial charge in [-0.2, -0.15) is 0 Å². The number of fused-ring (bicyclic) bond motifs is 1. The highest BCUT2D eigenvalue weighted by Gasteiger charge is 2.18. The van der Waals surface area contributed by atoms with Gasteiger partial charge in [0.1, 0.15) is 5.82 Å². The fourth-order valence-corrected chi connectivity index (χ4v) is 3.33. The molecule has 0 radical (unpaired) electrons. The minimum Gasteiger partial charge on any atom is -0.304 e. The van der Waals surface area contributed by atoms with Crippen molar-refractivity contribution in [3.8, 4) is 5.69 Å². The largest absolute Gasteiger partial charge is 0.304 e. The average Bonchev–Trinajstić information content (AvgIpc) is 2.65. The van der Waals surface area contributed by atoms with Gasteiger partial charge in [-0.15, -0.1) is 0 Å². The molecule has 0 bridgehead atoms. The van der Waals surface area contributed by atoms with Crippen LogP contribution in [0, 0.1) is 0 Å². The van der Waals surface area contributed by atoms with E-state index in [-0.39, 0.29) is 5.56 Å². The number of nitrogens with zero attached hydrogens (tertiary/aromatic N) is 4. The molecule has 1 saturated heterocycles. The quantitative estimate of drug-likeness (QED) is 0.736. The lowest BCUT2D eigenvalue weighted by Crippen LogP contribution is -2.44. The van der Waals surface area contributed by atoms with Crippen LogP contribution in [0.4, 0.5) is 0 Å². The summed E-state index contributed by atoms with van der Waals surface area (Å²) >= 11 is 0. The average molecular weight is 334 g/mol. The molecule has 5 nitrogen and oxygen atoms in total. The Morgan fingerprint density at radius 3 is 2.36 bits per heavy atom. The maximum absolute atomic E-state index is 13.1. The lowest BCUT2D eigenvalue weighted by Gasteiger charge is -2.32. The SMILES string of the molecule is CN1CCN(Cc2nc3ccccc3c(=O)n2-c2ccccc2)CC1. The van der Waals surface area contributed by atoms with Crippen molar-refractivity contribution in [2.24, 2.45) is 0 Å². The maximum Gasteiger partial charge on any atom is 0.266 e. The first-order valence-corrected chi connectivity index (χ1v) is 8.69. The minimum absolute atomic E-state index is 0.000859. The van der Waals surface area contributed by atoms with Gasteiger partial charge in [-0.25, -0.2) is 4.98 Å². The highest BCUT2D eigenvalue weighted by Crippen LogP contribution is 2.15. The molecular weight excluding hydrogens is 312 g/mol. The Labute approximate surface area is 147 Å². The Morgan fingerprint density at radius 1 is 0.920 bits per heavy atom. The van der Waals surface area contributed by atoms with Crippen molar-refractivity contribution >= 4 is 10.9 Å². The summed E-state index contributed by atoms with van der Waals surface area (Å²) in [5.74, 6) is 0.805. The van der Waals surface area contributed by atoms with Crippen molar-refractivity contribution in [1.29, 1.82) is 0 Å². The summed E-state index contributed by atoms with van der Waals surface area (Å²) in [7, 11) is 2.14. The highest BCUT2D eigenvalue weighted by molar-refractivity contribution is 5.77. The number of rotatable bonds is 3. The molecule has 2 heterocycles. The number of likely N-dealkylation sites (N-methyl/N-ethyl adjacent to an activating group) is 1. The van der Waals surface area contributed by atoms with Crippen LogP contribution >= 0.6 is 0 Å². The third-order valence-corrected chi connectivity index (χ3v) is 4.82. The molecule has 0 amide bonds. The lowest BCUT2D eigenvalue weighted by molar-refractivity contribution is 0.144. The molecule has 128 valence electrons. The maximum atomic E-state index is 13.1. The highest BCUT2D eigenvalue weighted by atomic mass is 16.1. The Hall–Kier alpha value is -2.50. The van der Waals surface area contributed by atoms with E-state index in [4.69, 9.17) is 4.98 Å². The molecule has 0 N–H and O–H groups in total. The van der Waals surface area contributed by atoms with Crippen molar-refractivity contribution in [2.45, 2.75) is 6.54 Å². The molecule has 3 aromatic rings. The van der Waals surface area contributed by atoms with E-state index >= 15 is 0 Å². The summed E-state index contributed by atoms with van der Waals surface area (Å²) in [6.07, 6.45) is 0. The van der Waals surface area contributed by atoms with Crippen LogP contribution in [0.15, 0.2) is 59.4 Å². The summed E-state index contributed by atoms with van der Waals surface area (Å²) in [4.78, 5) is 22.7. The molecule has 0 saturated carbocycles. The van der Waals surface area contributed by atoms with Crippen molar-refractivity contribution in [3.05, 3.63) is 70.8 Å². The summed E-state index contributed by atoms with van der Waals surface area (Å²) in [6.45, 7) is 4.76. The Bertz CT molecular complexity index is 927. The van der Waals surface area contributed by atoms with Gasteiger partial charge in [0.15, 0.2) is 0 Å².